The number of aromatic amines is 1. The Balaban J connectivity index is 1.41. The van der Waals surface area contributed by atoms with Gasteiger partial charge >= 0.3 is 0 Å². The van der Waals surface area contributed by atoms with Gasteiger partial charge in [-0.2, -0.15) is 0 Å². The number of para-hydroxylation sites is 1. The van der Waals surface area contributed by atoms with Crippen LogP contribution in [0.5, 0.6) is 0 Å². The molecule has 1 spiro atoms. The number of rotatable bonds is 3. The van der Waals surface area contributed by atoms with Crippen molar-refractivity contribution in [2.45, 2.75) is 43.8 Å². The number of H-pyrrole nitrogens is 1. The zero-order chi connectivity index (χ0) is 16.6. The largest absolute Gasteiger partial charge is 0.390 e. The molecule has 0 saturated carbocycles. The molecule has 0 radical (unpaired) electrons. The molecular formula is C19H24N2O3. The number of aliphatic hydroxyl groups excluding tert-OH is 1. The smallest absolute Gasteiger partial charge is 0.223 e. The maximum absolute atomic E-state index is 12.7. The number of nitrogens with zero attached hydrogens (tertiary/aromatic N) is 1. The number of ether oxygens (including phenoxy) is 1. The fraction of sp³-hybridized carbons (Fsp3) is 0.526. The van der Waals surface area contributed by atoms with Gasteiger partial charge in [-0.3, -0.25) is 4.79 Å². The number of likely N-dealkylation sites (tertiary alicyclic amines) is 1. The van der Waals surface area contributed by atoms with E-state index in [0.29, 0.717) is 32.5 Å². The maximum Gasteiger partial charge on any atom is 0.223 e. The van der Waals surface area contributed by atoms with Gasteiger partial charge in [0.05, 0.1) is 12.6 Å². The minimum absolute atomic E-state index is 0.155. The lowest BCUT2D eigenvalue weighted by atomic mass is 9.87. The molecule has 2 aliphatic rings. The monoisotopic (exact) mass is 328 g/mol. The van der Waals surface area contributed by atoms with Crippen molar-refractivity contribution in [3.63, 3.8) is 0 Å². The molecule has 1 amide bonds. The van der Waals surface area contributed by atoms with Crippen LogP contribution in [0, 0.1) is 0 Å². The first-order valence-electron chi connectivity index (χ1n) is 8.83. The van der Waals surface area contributed by atoms with Gasteiger partial charge in [0, 0.05) is 36.7 Å². The number of aryl methyl sites for hydroxylation is 1. The highest BCUT2D eigenvalue weighted by atomic mass is 16.5. The summed E-state index contributed by atoms with van der Waals surface area (Å²) in [5.74, 6) is 0.155. The predicted molar refractivity (Wildman–Crippen MR) is 91.7 cm³/mol. The van der Waals surface area contributed by atoms with Crippen LogP contribution in [0.2, 0.25) is 0 Å². The van der Waals surface area contributed by atoms with E-state index in [-0.39, 0.29) is 5.91 Å². The van der Waals surface area contributed by atoms with Gasteiger partial charge in [-0.25, -0.2) is 0 Å². The van der Waals surface area contributed by atoms with Gasteiger partial charge in [-0.15, -0.1) is 0 Å². The second kappa shape index (κ2) is 6.22. The summed E-state index contributed by atoms with van der Waals surface area (Å²) < 4.78 is 5.83. The van der Waals surface area contributed by atoms with Crippen LogP contribution in [-0.2, 0) is 16.0 Å². The molecular weight excluding hydrogens is 304 g/mol. The van der Waals surface area contributed by atoms with Crippen molar-refractivity contribution in [3.8, 4) is 0 Å². The minimum Gasteiger partial charge on any atom is -0.390 e. The van der Waals surface area contributed by atoms with Crippen molar-refractivity contribution < 1.29 is 14.6 Å². The highest BCUT2D eigenvalue weighted by Crippen LogP contribution is 2.35. The molecule has 0 unspecified atom stereocenters. The molecule has 2 fully saturated rings. The molecule has 0 aliphatic carbocycles. The van der Waals surface area contributed by atoms with Crippen LogP contribution in [0.25, 0.3) is 10.9 Å². The molecule has 0 bridgehead atoms. The normalized spacial score (nSPS) is 27.2. The van der Waals surface area contributed by atoms with E-state index in [9.17, 15) is 9.90 Å². The number of aliphatic hydroxyl groups is 1. The Morgan fingerprint density at radius 1 is 1.42 bits per heavy atom. The van der Waals surface area contributed by atoms with Crippen LogP contribution >= 0.6 is 0 Å². The number of benzene rings is 1. The summed E-state index contributed by atoms with van der Waals surface area (Å²) in [6.45, 7) is 1.84. The van der Waals surface area contributed by atoms with E-state index in [1.165, 1.54) is 10.9 Å². The SMILES string of the molecule is O=C(CCc1c[nH]c2ccccc12)N1CC[C@H](O)[C@]2(CCCO2)C1. The molecule has 1 aromatic heterocycles. The number of piperidine rings is 1. The third-order valence-corrected chi connectivity index (χ3v) is 5.51. The fourth-order valence-electron chi connectivity index (χ4n) is 4.11. The Labute approximate surface area is 141 Å². The van der Waals surface area contributed by atoms with E-state index in [1.807, 2.05) is 29.3 Å². The molecule has 2 atom stereocenters. The summed E-state index contributed by atoms with van der Waals surface area (Å²) >= 11 is 0. The standard InChI is InChI=1S/C19H24N2O3/c22-17-8-10-21(13-19(17)9-3-11-24-19)18(23)7-6-14-12-20-16-5-2-1-4-15(14)16/h1-2,4-5,12,17,20,22H,3,6-11,13H2/t17-,19-/m0/s1. The van der Waals surface area contributed by atoms with Gasteiger partial charge in [0.1, 0.15) is 5.60 Å². The molecule has 1 aromatic carbocycles. The number of fused-ring (bicyclic) bond motifs is 1. The van der Waals surface area contributed by atoms with Crippen LogP contribution < -0.4 is 0 Å². The van der Waals surface area contributed by atoms with E-state index >= 15 is 0 Å². The van der Waals surface area contributed by atoms with E-state index in [2.05, 4.69) is 11.1 Å². The Morgan fingerprint density at radius 3 is 3.12 bits per heavy atom. The Kier molecular flexibility index (Phi) is 4.06. The highest BCUT2D eigenvalue weighted by Gasteiger charge is 2.46. The summed E-state index contributed by atoms with van der Waals surface area (Å²) in [5, 5.41) is 11.5. The number of aromatic nitrogens is 1. The first-order chi connectivity index (χ1) is 11.7. The number of hydrogen-bond donors (Lipinski definition) is 2. The minimum atomic E-state index is -0.519. The highest BCUT2D eigenvalue weighted by molar-refractivity contribution is 5.84. The number of amides is 1. The molecule has 24 heavy (non-hydrogen) atoms. The summed E-state index contributed by atoms with van der Waals surface area (Å²) in [4.78, 5) is 17.8. The molecule has 3 heterocycles. The summed E-state index contributed by atoms with van der Waals surface area (Å²) in [6.07, 6.45) is 5.20. The third-order valence-electron chi connectivity index (χ3n) is 5.51. The molecule has 2 aromatic rings. The molecule has 128 valence electrons. The van der Waals surface area contributed by atoms with Crippen LogP contribution in [0.3, 0.4) is 0 Å². The van der Waals surface area contributed by atoms with Crippen LogP contribution in [0.4, 0.5) is 0 Å². The van der Waals surface area contributed by atoms with Gasteiger partial charge in [-0.05, 0) is 37.3 Å². The lowest BCUT2D eigenvalue weighted by Crippen LogP contribution is -2.57. The van der Waals surface area contributed by atoms with E-state index in [1.54, 1.807) is 0 Å². The van der Waals surface area contributed by atoms with Crippen LogP contribution in [0.1, 0.15) is 31.2 Å². The van der Waals surface area contributed by atoms with Gasteiger partial charge in [-0.1, -0.05) is 18.2 Å². The Bertz CT molecular complexity index is 733. The molecule has 2 aliphatic heterocycles. The lowest BCUT2D eigenvalue weighted by Gasteiger charge is -2.43. The maximum atomic E-state index is 12.7. The topological polar surface area (TPSA) is 65.6 Å². The number of carbonyl (C=O) groups excluding carboxylic acids is 1. The van der Waals surface area contributed by atoms with Crippen molar-refractivity contribution in [2.75, 3.05) is 19.7 Å². The van der Waals surface area contributed by atoms with Gasteiger partial charge in [0.2, 0.25) is 5.91 Å². The van der Waals surface area contributed by atoms with E-state index < -0.39 is 11.7 Å². The molecule has 5 nitrogen and oxygen atoms in total. The van der Waals surface area contributed by atoms with Crippen LogP contribution in [0.15, 0.2) is 30.5 Å². The zero-order valence-corrected chi connectivity index (χ0v) is 13.8. The number of hydrogen-bond acceptors (Lipinski definition) is 3. The Morgan fingerprint density at radius 2 is 2.29 bits per heavy atom. The second-order valence-electron chi connectivity index (χ2n) is 7.00. The molecule has 2 saturated heterocycles. The van der Waals surface area contributed by atoms with Gasteiger partial charge in [0.25, 0.3) is 0 Å². The average molecular weight is 328 g/mol. The average Bonchev–Trinajstić information content (AvgIpc) is 3.23. The van der Waals surface area contributed by atoms with E-state index in [4.69, 9.17) is 4.74 Å². The quantitative estimate of drug-likeness (QED) is 0.908. The molecule has 2 N–H and O–H groups in total. The lowest BCUT2D eigenvalue weighted by molar-refractivity contribution is -0.154. The fourth-order valence-corrected chi connectivity index (χ4v) is 4.11. The number of nitrogens with one attached hydrogen (secondary N) is 1. The summed E-state index contributed by atoms with van der Waals surface area (Å²) in [5.41, 5.74) is 1.77. The van der Waals surface area contributed by atoms with Crippen molar-refractivity contribution >= 4 is 16.8 Å². The predicted octanol–water partition coefficient (Wildman–Crippen LogP) is 2.24. The second-order valence-corrected chi connectivity index (χ2v) is 7.00. The van der Waals surface area contributed by atoms with Gasteiger partial charge in [0.15, 0.2) is 0 Å². The van der Waals surface area contributed by atoms with E-state index in [0.717, 1.165) is 24.8 Å². The van der Waals surface area contributed by atoms with Gasteiger partial charge < -0.3 is 19.7 Å². The van der Waals surface area contributed by atoms with Crippen molar-refractivity contribution in [1.82, 2.24) is 9.88 Å². The van der Waals surface area contributed by atoms with Crippen molar-refractivity contribution in [2.24, 2.45) is 0 Å². The summed E-state index contributed by atoms with van der Waals surface area (Å²) in [6, 6.07) is 8.17. The third kappa shape index (κ3) is 2.72. The molecule has 4 rings (SSSR count). The Hall–Kier alpha value is -1.85. The van der Waals surface area contributed by atoms with Crippen molar-refractivity contribution in [3.05, 3.63) is 36.0 Å². The van der Waals surface area contributed by atoms with Crippen molar-refractivity contribution in [1.29, 1.82) is 0 Å². The zero-order valence-electron chi connectivity index (χ0n) is 13.8. The first-order valence-corrected chi connectivity index (χ1v) is 8.83. The summed E-state index contributed by atoms with van der Waals surface area (Å²) in [7, 11) is 0. The molecule has 5 heteroatoms. The number of carbonyl (C=O) groups is 1. The first kappa shape index (κ1) is 15.7. The van der Waals surface area contributed by atoms with Crippen LogP contribution in [-0.4, -0.2) is 52.3 Å².